The monoisotopic (exact) mass is 478 g/mol. The van der Waals surface area contributed by atoms with Gasteiger partial charge < -0.3 is 15.3 Å². The first-order chi connectivity index (χ1) is 15.5. The Morgan fingerprint density at radius 1 is 1.28 bits per heavy atom. The molecule has 2 aromatic carbocycles. The molecule has 0 spiro atoms. The first-order valence-electron chi connectivity index (χ1n) is 9.90. The molecule has 4 rings (SSSR count). The number of hydrazone groups is 2. The third kappa shape index (κ3) is 5.16. The van der Waals surface area contributed by atoms with Crippen LogP contribution in [0.2, 0.25) is 5.02 Å². The van der Waals surface area contributed by atoms with Gasteiger partial charge in [-0.25, -0.2) is 5.01 Å². The minimum Gasteiger partial charge on any atom is -0.489 e. The van der Waals surface area contributed by atoms with Gasteiger partial charge in [-0.2, -0.15) is 19.0 Å². The van der Waals surface area contributed by atoms with E-state index in [2.05, 4.69) is 21.5 Å². The number of alkyl halides is 2. The molecule has 0 bridgehead atoms. The van der Waals surface area contributed by atoms with Crippen molar-refractivity contribution in [1.29, 1.82) is 0 Å². The van der Waals surface area contributed by atoms with Crippen molar-refractivity contribution in [3.05, 3.63) is 70.2 Å². The predicted octanol–water partition coefficient (Wildman–Crippen LogP) is 5.27. The molecule has 1 saturated carbocycles. The molecule has 0 radical (unpaired) electrons. The van der Waals surface area contributed by atoms with Crippen LogP contribution in [0, 0.1) is 5.92 Å². The quantitative estimate of drug-likeness (QED) is 0.254. The Hall–Kier alpha value is -2.78. The van der Waals surface area contributed by atoms with E-state index in [9.17, 15) is 8.78 Å². The first kappa shape index (κ1) is 22.4. The molecule has 2 aliphatic rings. The van der Waals surface area contributed by atoms with E-state index in [1.165, 1.54) is 22.8 Å². The molecule has 0 atom stereocenters. The zero-order valence-corrected chi connectivity index (χ0v) is 18.6. The van der Waals surface area contributed by atoms with Gasteiger partial charge in [0.25, 0.3) is 0 Å². The Bertz CT molecular complexity index is 1080. The van der Waals surface area contributed by atoms with Gasteiger partial charge in [0.05, 0.1) is 22.4 Å². The number of thioether (sulfide) groups is 1. The summed E-state index contributed by atoms with van der Waals surface area (Å²) in [4.78, 5) is 0. The number of rotatable bonds is 7. The normalized spacial score (nSPS) is 16.9. The van der Waals surface area contributed by atoms with E-state index < -0.39 is 6.61 Å². The van der Waals surface area contributed by atoms with Crippen molar-refractivity contribution in [3.8, 4) is 11.5 Å². The average molecular weight is 479 g/mol. The molecule has 0 saturated heterocycles. The second kappa shape index (κ2) is 9.79. The smallest absolute Gasteiger partial charge is 0.387 e. The third-order valence-corrected chi connectivity index (χ3v) is 6.19. The van der Waals surface area contributed by atoms with Gasteiger partial charge in [-0.05, 0) is 49.1 Å². The summed E-state index contributed by atoms with van der Waals surface area (Å²) in [6.45, 7) is 1.56. The summed E-state index contributed by atoms with van der Waals surface area (Å²) in [6.07, 6.45) is 2.16. The molecular formula is C22H21ClF2N4O2S. The summed E-state index contributed by atoms with van der Waals surface area (Å²) in [7, 11) is 0. The number of hydrogen-bond donors (Lipinski definition) is 1. The molecule has 32 heavy (non-hydrogen) atoms. The lowest BCUT2D eigenvalue weighted by molar-refractivity contribution is -0.0515. The lowest BCUT2D eigenvalue weighted by Crippen LogP contribution is -2.31. The highest BCUT2D eigenvalue weighted by atomic mass is 35.5. The fourth-order valence-corrected chi connectivity index (χ4v) is 4.09. The molecule has 168 valence electrons. The van der Waals surface area contributed by atoms with Crippen molar-refractivity contribution < 1.29 is 18.3 Å². The van der Waals surface area contributed by atoms with Crippen LogP contribution >= 0.6 is 23.4 Å². The largest absolute Gasteiger partial charge is 0.489 e. The van der Waals surface area contributed by atoms with E-state index in [1.54, 1.807) is 30.3 Å². The van der Waals surface area contributed by atoms with Crippen LogP contribution in [0.25, 0.3) is 0 Å². The minimum absolute atomic E-state index is 0.00462. The van der Waals surface area contributed by atoms with Gasteiger partial charge in [0, 0.05) is 16.9 Å². The van der Waals surface area contributed by atoms with Gasteiger partial charge in [0.1, 0.15) is 0 Å². The number of amidine groups is 1. The maximum absolute atomic E-state index is 12.8. The molecule has 2 aromatic rings. The van der Waals surface area contributed by atoms with Crippen molar-refractivity contribution in [3.63, 3.8) is 0 Å². The van der Waals surface area contributed by atoms with Crippen LogP contribution in [0.15, 0.2) is 64.3 Å². The standard InChI is InChI=1S/C22H21ClF2N4O2S/c1-13-29(21(27-26)16-4-2-3-5-17(16)23)28-18(12-32-13)15-8-9-19(31-22(24)25)20(10-15)30-11-14-6-7-14/h2-5,8-10,14,22H,1,6-7,11-12,26H2/b27-21-. The molecule has 0 aromatic heterocycles. The van der Waals surface area contributed by atoms with Crippen molar-refractivity contribution in [2.75, 3.05) is 12.4 Å². The molecular weight excluding hydrogens is 458 g/mol. The second-order valence-corrected chi connectivity index (χ2v) is 8.72. The summed E-state index contributed by atoms with van der Waals surface area (Å²) < 4.78 is 36.1. The van der Waals surface area contributed by atoms with Crippen LogP contribution in [-0.4, -0.2) is 35.5 Å². The number of halogens is 3. The van der Waals surface area contributed by atoms with Gasteiger partial charge in [-0.3, -0.25) is 0 Å². The van der Waals surface area contributed by atoms with Gasteiger partial charge >= 0.3 is 6.61 Å². The van der Waals surface area contributed by atoms with Crippen molar-refractivity contribution in [2.45, 2.75) is 19.5 Å². The maximum atomic E-state index is 12.8. The molecule has 2 N–H and O–H groups in total. The molecule has 0 unspecified atom stereocenters. The molecule has 1 fully saturated rings. The van der Waals surface area contributed by atoms with Crippen molar-refractivity contribution in [1.82, 2.24) is 5.01 Å². The zero-order chi connectivity index (χ0) is 22.7. The van der Waals surface area contributed by atoms with Crippen LogP contribution < -0.4 is 15.3 Å². The molecule has 10 heteroatoms. The Morgan fingerprint density at radius 2 is 2.06 bits per heavy atom. The zero-order valence-electron chi connectivity index (χ0n) is 17.0. The minimum atomic E-state index is -2.94. The topological polar surface area (TPSA) is 72.4 Å². The maximum Gasteiger partial charge on any atom is 0.387 e. The van der Waals surface area contributed by atoms with Crippen LogP contribution in [0.3, 0.4) is 0 Å². The molecule has 0 amide bonds. The third-order valence-electron chi connectivity index (χ3n) is 4.93. The molecule has 1 aliphatic carbocycles. The van der Waals surface area contributed by atoms with E-state index in [0.717, 1.165) is 12.8 Å². The van der Waals surface area contributed by atoms with E-state index >= 15 is 0 Å². The summed E-state index contributed by atoms with van der Waals surface area (Å²) in [5.74, 6) is 7.25. The number of nitrogens with two attached hydrogens (primary N) is 1. The Labute approximate surface area is 193 Å². The van der Waals surface area contributed by atoms with Gasteiger partial charge in [0.2, 0.25) is 0 Å². The highest BCUT2D eigenvalue weighted by Crippen LogP contribution is 2.36. The van der Waals surface area contributed by atoms with Crippen LogP contribution in [-0.2, 0) is 0 Å². The Kier molecular flexibility index (Phi) is 6.86. The van der Waals surface area contributed by atoms with E-state index in [4.69, 9.17) is 22.2 Å². The van der Waals surface area contributed by atoms with E-state index in [0.29, 0.717) is 51.0 Å². The van der Waals surface area contributed by atoms with Crippen LogP contribution in [0.4, 0.5) is 8.78 Å². The van der Waals surface area contributed by atoms with Gasteiger partial charge in [-0.15, -0.1) is 11.8 Å². The Balaban J connectivity index is 1.66. The van der Waals surface area contributed by atoms with Crippen molar-refractivity contribution >= 4 is 34.9 Å². The van der Waals surface area contributed by atoms with Gasteiger partial charge in [-0.1, -0.05) is 30.3 Å². The van der Waals surface area contributed by atoms with E-state index in [1.807, 2.05) is 6.07 Å². The number of hydrogen-bond acceptors (Lipinski definition) is 6. The van der Waals surface area contributed by atoms with Crippen LogP contribution in [0.1, 0.15) is 24.0 Å². The predicted molar refractivity (Wildman–Crippen MR) is 123 cm³/mol. The number of nitrogens with zero attached hydrogens (tertiary/aromatic N) is 3. The SMILES string of the molecule is C=C1SCC(c2ccc(OC(F)F)c(OCC3CC3)c2)=NN1/C(=N\N)c1ccccc1Cl. The van der Waals surface area contributed by atoms with Gasteiger partial charge in [0.15, 0.2) is 17.3 Å². The summed E-state index contributed by atoms with van der Waals surface area (Å²) >= 11 is 7.77. The average Bonchev–Trinajstić information content (AvgIpc) is 3.60. The lowest BCUT2D eigenvalue weighted by atomic mass is 10.1. The van der Waals surface area contributed by atoms with Crippen LogP contribution in [0.5, 0.6) is 11.5 Å². The molecule has 1 aliphatic heterocycles. The fourth-order valence-electron chi connectivity index (χ4n) is 3.09. The summed E-state index contributed by atoms with van der Waals surface area (Å²) in [5.41, 5.74) is 1.99. The number of ether oxygens (including phenoxy) is 2. The van der Waals surface area contributed by atoms with Crippen molar-refractivity contribution in [2.24, 2.45) is 22.0 Å². The number of benzene rings is 2. The highest BCUT2D eigenvalue weighted by Gasteiger charge is 2.26. The summed E-state index contributed by atoms with van der Waals surface area (Å²) in [6, 6.07) is 12.0. The van der Waals surface area contributed by atoms with E-state index in [-0.39, 0.29) is 11.5 Å². The molecule has 6 nitrogen and oxygen atoms in total. The summed E-state index contributed by atoms with van der Waals surface area (Å²) in [5, 5.41) is 11.2. The lowest BCUT2D eigenvalue weighted by Gasteiger charge is -2.28. The molecule has 1 heterocycles. The highest BCUT2D eigenvalue weighted by molar-refractivity contribution is 8.03. The first-order valence-corrected chi connectivity index (χ1v) is 11.3. The second-order valence-electron chi connectivity index (χ2n) is 7.27. The Morgan fingerprint density at radius 3 is 2.75 bits per heavy atom. The fraction of sp³-hybridized carbons (Fsp3) is 0.273.